The Morgan fingerprint density at radius 3 is 2.59 bits per heavy atom. The molecule has 0 saturated heterocycles. The fraction of sp³-hybridized carbons (Fsp3) is 0.538. The van der Waals surface area contributed by atoms with Crippen LogP contribution in [0.15, 0.2) is 18.2 Å². The molecule has 0 aromatic heterocycles. The van der Waals surface area contributed by atoms with Gasteiger partial charge in [0, 0.05) is 12.6 Å². The first-order valence-corrected chi connectivity index (χ1v) is 5.96. The summed E-state index contributed by atoms with van der Waals surface area (Å²) in [6.07, 6.45) is 2.67. The zero-order chi connectivity index (χ0) is 12.7. The number of hydrogen-bond acceptors (Lipinski definition) is 2. The second kappa shape index (κ2) is 7.35. The second-order valence-electron chi connectivity index (χ2n) is 4.28. The zero-order valence-electron chi connectivity index (χ0n) is 10.3. The number of nitrogens with two attached hydrogens (primary N) is 1. The summed E-state index contributed by atoms with van der Waals surface area (Å²) >= 11 is 0. The normalized spacial score (nSPS) is 11.1. The van der Waals surface area contributed by atoms with E-state index in [1.165, 1.54) is 12.1 Å². The molecule has 17 heavy (non-hydrogen) atoms. The van der Waals surface area contributed by atoms with Gasteiger partial charge in [0.1, 0.15) is 11.6 Å². The first-order chi connectivity index (χ1) is 8.13. The van der Waals surface area contributed by atoms with Gasteiger partial charge in [-0.1, -0.05) is 6.07 Å². The van der Waals surface area contributed by atoms with Crippen molar-refractivity contribution >= 4 is 0 Å². The van der Waals surface area contributed by atoms with Crippen LogP contribution in [0.1, 0.15) is 18.4 Å². The van der Waals surface area contributed by atoms with Crippen LogP contribution in [0.2, 0.25) is 0 Å². The van der Waals surface area contributed by atoms with Crippen molar-refractivity contribution < 1.29 is 8.78 Å². The van der Waals surface area contributed by atoms with Crippen LogP contribution in [-0.2, 0) is 6.42 Å². The molecule has 0 fully saturated rings. The maximum Gasteiger partial charge on any atom is 0.129 e. The van der Waals surface area contributed by atoms with E-state index in [4.69, 9.17) is 5.73 Å². The van der Waals surface area contributed by atoms with Crippen molar-refractivity contribution in [3.05, 3.63) is 35.4 Å². The van der Waals surface area contributed by atoms with Gasteiger partial charge in [-0.25, -0.2) is 8.78 Å². The van der Waals surface area contributed by atoms with Crippen LogP contribution in [0, 0.1) is 11.6 Å². The summed E-state index contributed by atoms with van der Waals surface area (Å²) in [5.74, 6) is -0.983. The Hall–Kier alpha value is -1.00. The molecule has 1 rings (SSSR count). The van der Waals surface area contributed by atoms with Gasteiger partial charge in [0.15, 0.2) is 0 Å². The number of benzene rings is 1. The second-order valence-corrected chi connectivity index (χ2v) is 4.28. The summed E-state index contributed by atoms with van der Waals surface area (Å²) in [6, 6.07) is 3.75. The molecular formula is C13H20F2N2. The lowest BCUT2D eigenvalue weighted by Gasteiger charge is -2.16. The summed E-state index contributed by atoms with van der Waals surface area (Å²) < 4.78 is 26.0. The van der Waals surface area contributed by atoms with E-state index in [0.29, 0.717) is 18.5 Å². The molecule has 2 nitrogen and oxygen atoms in total. The van der Waals surface area contributed by atoms with Crippen LogP contribution in [0.3, 0.4) is 0 Å². The largest absolute Gasteiger partial charge is 0.330 e. The van der Waals surface area contributed by atoms with E-state index in [2.05, 4.69) is 4.90 Å². The Labute approximate surface area is 101 Å². The van der Waals surface area contributed by atoms with Gasteiger partial charge in [0.2, 0.25) is 0 Å². The average molecular weight is 242 g/mol. The number of unbranched alkanes of at least 4 members (excludes halogenated alkanes) is 1. The highest BCUT2D eigenvalue weighted by Gasteiger charge is 2.05. The van der Waals surface area contributed by atoms with E-state index in [1.807, 2.05) is 7.05 Å². The number of rotatable bonds is 7. The molecular weight excluding hydrogens is 222 g/mol. The minimum atomic E-state index is -0.525. The van der Waals surface area contributed by atoms with Crippen LogP contribution in [0.25, 0.3) is 0 Å². The molecule has 4 heteroatoms. The lowest BCUT2D eigenvalue weighted by atomic mass is 10.1. The third-order valence-electron chi connectivity index (χ3n) is 2.77. The highest BCUT2D eigenvalue weighted by molar-refractivity contribution is 5.18. The highest BCUT2D eigenvalue weighted by atomic mass is 19.1. The molecule has 0 heterocycles. The Morgan fingerprint density at radius 1 is 1.18 bits per heavy atom. The molecule has 0 unspecified atom stereocenters. The first kappa shape index (κ1) is 14.1. The van der Waals surface area contributed by atoms with E-state index < -0.39 is 11.6 Å². The number of hydrogen-bond donors (Lipinski definition) is 1. The van der Waals surface area contributed by atoms with Gasteiger partial charge < -0.3 is 10.6 Å². The first-order valence-electron chi connectivity index (χ1n) is 5.96. The molecule has 0 aliphatic heterocycles. The average Bonchev–Trinajstić information content (AvgIpc) is 2.28. The molecule has 1 aromatic rings. The summed E-state index contributed by atoms with van der Waals surface area (Å²) in [6.45, 7) is 2.44. The number of likely N-dealkylation sites (N-methyl/N-ethyl adjacent to an activating group) is 1. The molecule has 0 atom stereocenters. The quantitative estimate of drug-likeness (QED) is 0.743. The predicted molar refractivity (Wildman–Crippen MR) is 65.8 cm³/mol. The molecule has 2 N–H and O–H groups in total. The minimum Gasteiger partial charge on any atom is -0.330 e. The van der Waals surface area contributed by atoms with Gasteiger partial charge >= 0.3 is 0 Å². The van der Waals surface area contributed by atoms with E-state index >= 15 is 0 Å². The van der Waals surface area contributed by atoms with Crippen molar-refractivity contribution in [1.29, 1.82) is 0 Å². The monoisotopic (exact) mass is 242 g/mol. The maximum atomic E-state index is 13.3. The molecule has 0 aliphatic rings. The fourth-order valence-electron chi connectivity index (χ4n) is 1.67. The van der Waals surface area contributed by atoms with Crippen LogP contribution in [0.4, 0.5) is 8.78 Å². The Bertz CT molecular complexity index is 342. The van der Waals surface area contributed by atoms with Crippen molar-refractivity contribution in [2.24, 2.45) is 5.73 Å². The van der Waals surface area contributed by atoms with Gasteiger partial charge in [-0.05, 0) is 51.0 Å². The molecule has 96 valence electrons. The van der Waals surface area contributed by atoms with Gasteiger partial charge in [-0.2, -0.15) is 0 Å². The highest BCUT2D eigenvalue weighted by Crippen LogP contribution is 2.10. The Kier molecular flexibility index (Phi) is 6.08. The summed E-state index contributed by atoms with van der Waals surface area (Å²) in [7, 11) is 2.00. The van der Waals surface area contributed by atoms with Gasteiger partial charge in [-0.3, -0.25) is 0 Å². The maximum absolute atomic E-state index is 13.3. The Balaban J connectivity index is 2.34. The predicted octanol–water partition coefficient (Wildman–Crippen LogP) is 2.18. The zero-order valence-corrected chi connectivity index (χ0v) is 10.3. The van der Waals surface area contributed by atoms with E-state index in [9.17, 15) is 8.78 Å². The summed E-state index contributed by atoms with van der Waals surface area (Å²) in [5, 5.41) is 0. The summed E-state index contributed by atoms with van der Waals surface area (Å²) in [4.78, 5) is 2.14. The van der Waals surface area contributed by atoms with E-state index in [-0.39, 0.29) is 0 Å². The third kappa shape index (κ3) is 5.24. The van der Waals surface area contributed by atoms with Crippen LogP contribution >= 0.6 is 0 Å². The van der Waals surface area contributed by atoms with Crippen molar-refractivity contribution in [2.75, 3.05) is 26.7 Å². The van der Waals surface area contributed by atoms with Crippen LogP contribution in [-0.4, -0.2) is 31.6 Å². The summed E-state index contributed by atoms with van der Waals surface area (Å²) in [5.41, 5.74) is 5.98. The standard InChI is InChI=1S/C13H20F2N2/c1-17(8-3-2-7-16)9-6-11-4-5-12(14)10-13(11)15/h4-5,10H,2-3,6-9,16H2,1H3. The third-order valence-corrected chi connectivity index (χ3v) is 2.77. The molecule has 1 aromatic carbocycles. The molecule has 0 aliphatic carbocycles. The van der Waals surface area contributed by atoms with Crippen molar-refractivity contribution in [2.45, 2.75) is 19.3 Å². The Morgan fingerprint density at radius 2 is 1.94 bits per heavy atom. The smallest absolute Gasteiger partial charge is 0.129 e. The number of nitrogens with zero attached hydrogens (tertiary/aromatic N) is 1. The van der Waals surface area contributed by atoms with Gasteiger partial charge in [-0.15, -0.1) is 0 Å². The lowest BCUT2D eigenvalue weighted by molar-refractivity contribution is 0.329. The SMILES string of the molecule is CN(CCCCN)CCc1ccc(F)cc1F. The van der Waals surface area contributed by atoms with Crippen molar-refractivity contribution in [1.82, 2.24) is 4.90 Å². The molecule has 0 amide bonds. The topological polar surface area (TPSA) is 29.3 Å². The number of halogens is 2. The molecule has 0 radical (unpaired) electrons. The van der Waals surface area contributed by atoms with Gasteiger partial charge in [0.25, 0.3) is 0 Å². The van der Waals surface area contributed by atoms with E-state index in [0.717, 1.165) is 32.0 Å². The van der Waals surface area contributed by atoms with Crippen molar-refractivity contribution in [3.63, 3.8) is 0 Å². The van der Waals surface area contributed by atoms with Crippen molar-refractivity contribution in [3.8, 4) is 0 Å². The van der Waals surface area contributed by atoms with Crippen LogP contribution < -0.4 is 5.73 Å². The lowest BCUT2D eigenvalue weighted by Crippen LogP contribution is -2.23. The minimum absolute atomic E-state index is 0.458. The fourth-order valence-corrected chi connectivity index (χ4v) is 1.67. The molecule has 0 spiro atoms. The molecule has 0 bridgehead atoms. The van der Waals surface area contributed by atoms with E-state index in [1.54, 1.807) is 0 Å². The van der Waals surface area contributed by atoms with Crippen LogP contribution in [0.5, 0.6) is 0 Å². The molecule has 0 saturated carbocycles. The van der Waals surface area contributed by atoms with Gasteiger partial charge in [0.05, 0.1) is 0 Å².